The van der Waals surface area contributed by atoms with Gasteiger partial charge in [-0.1, -0.05) is 6.07 Å². The number of anilines is 1. The number of nitriles is 1. The Morgan fingerprint density at radius 3 is 2.90 bits per heavy atom. The van der Waals surface area contributed by atoms with Crippen molar-refractivity contribution < 1.29 is 14.7 Å². The number of rotatable bonds is 3. The minimum atomic E-state index is -0.973. The Hall–Kier alpha value is -2.55. The number of amides is 2. The van der Waals surface area contributed by atoms with Gasteiger partial charge >= 0.3 is 12.0 Å². The molecule has 2 rings (SSSR count). The average Bonchev–Trinajstić information content (AvgIpc) is 2.50. The van der Waals surface area contributed by atoms with Crippen molar-refractivity contribution in [2.24, 2.45) is 0 Å². The van der Waals surface area contributed by atoms with Gasteiger partial charge in [-0.25, -0.2) is 9.59 Å². The van der Waals surface area contributed by atoms with Gasteiger partial charge in [-0.2, -0.15) is 5.26 Å². The number of hydrogen-bond donors (Lipinski definition) is 1. The molecule has 0 unspecified atom stereocenters. The maximum Gasteiger partial charge on any atom is 0.336 e. The van der Waals surface area contributed by atoms with E-state index in [2.05, 4.69) is 0 Å². The molecule has 1 N–H and O–H groups in total. The highest BCUT2D eigenvalue weighted by Crippen LogP contribution is 2.30. The lowest BCUT2D eigenvalue weighted by atomic mass is 9.96. The van der Waals surface area contributed by atoms with Gasteiger partial charge in [0.1, 0.15) is 0 Å². The van der Waals surface area contributed by atoms with Crippen LogP contribution in [0.2, 0.25) is 0 Å². The number of benzene rings is 1. The molecule has 1 aliphatic heterocycles. The summed E-state index contributed by atoms with van der Waals surface area (Å²) in [6.45, 7) is 0.922. The number of carboxylic acids is 1. The largest absolute Gasteiger partial charge is 0.478 e. The van der Waals surface area contributed by atoms with E-state index in [4.69, 9.17) is 5.26 Å². The first kappa shape index (κ1) is 14.9. The van der Waals surface area contributed by atoms with Gasteiger partial charge in [-0.05, 0) is 30.5 Å². The molecular weight excluding hydrogens is 270 g/mol. The molecule has 0 saturated heterocycles. The molecule has 21 heavy (non-hydrogen) atoms. The summed E-state index contributed by atoms with van der Waals surface area (Å²) in [7, 11) is 1.65. The summed E-state index contributed by atoms with van der Waals surface area (Å²) in [5, 5.41) is 17.8. The highest BCUT2D eigenvalue weighted by molar-refractivity contribution is 5.97. The third kappa shape index (κ3) is 2.97. The molecule has 2 amide bonds. The van der Waals surface area contributed by atoms with E-state index in [1.54, 1.807) is 30.1 Å². The Labute approximate surface area is 123 Å². The maximum absolute atomic E-state index is 12.4. The fourth-order valence-corrected chi connectivity index (χ4v) is 2.54. The number of hydrogen-bond acceptors (Lipinski definition) is 3. The van der Waals surface area contributed by atoms with Crippen molar-refractivity contribution >= 4 is 17.7 Å². The van der Waals surface area contributed by atoms with E-state index in [1.807, 2.05) is 6.07 Å². The van der Waals surface area contributed by atoms with Crippen molar-refractivity contribution in [2.75, 3.05) is 25.0 Å². The lowest BCUT2D eigenvalue weighted by molar-refractivity contribution is 0.0695. The summed E-state index contributed by atoms with van der Waals surface area (Å²) >= 11 is 0. The van der Waals surface area contributed by atoms with E-state index >= 15 is 0 Å². The first-order chi connectivity index (χ1) is 10.1. The van der Waals surface area contributed by atoms with Crippen LogP contribution in [0.15, 0.2) is 18.2 Å². The summed E-state index contributed by atoms with van der Waals surface area (Å²) in [5.74, 6) is -0.973. The summed E-state index contributed by atoms with van der Waals surface area (Å²) in [6.07, 6.45) is 1.66. The molecule has 110 valence electrons. The second-order valence-electron chi connectivity index (χ2n) is 4.98. The van der Waals surface area contributed by atoms with Gasteiger partial charge in [-0.3, -0.25) is 4.90 Å². The lowest BCUT2D eigenvalue weighted by Crippen LogP contribution is -2.44. The van der Waals surface area contributed by atoms with Crippen LogP contribution in [0.4, 0.5) is 10.5 Å². The van der Waals surface area contributed by atoms with Crippen molar-refractivity contribution in [3.05, 3.63) is 29.3 Å². The van der Waals surface area contributed by atoms with Crippen molar-refractivity contribution in [1.82, 2.24) is 4.90 Å². The second kappa shape index (κ2) is 6.27. The van der Waals surface area contributed by atoms with E-state index in [1.165, 1.54) is 4.90 Å². The molecule has 0 spiro atoms. The van der Waals surface area contributed by atoms with Gasteiger partial charge in [0.25, 0.3) is 0 Å². The number of aromatic carboxylic acids is 1. The maximum atomic E-state index is 12.4. The first-order valence-electron chi connectivity index (χ1n) is 6.81. The standard InChI is InChI=1S/C15H17N3O3/c1-17(9-4-8-16)15(21)18-10-3-6-11-12(14(19)20)5-2-7-13(11)18/h2,5,7H,3-4,6,9-10H2,1H3,(H,19,20). The third-order valence-electron chi connectivity index (χ3n) is 3.60. The molecule has 0 radical (unpaired) electrons. The minimum Gasteiger partial charge on any atom is -0.478 e. The predicted octanol–water partition coefficient (Wildman–Crippen LogP) is 2.10. The molecule has 1 aromatic carbocycles. The number of carbonyl (C=O) groups is 2. The van der Waals surface area contributed by atoms with E-state index in [0.29, 0.717) is 30.8 Å². The molecule has 0 aliphatic carbocycles. The van der Waals surface area contributed by atoms with Crippen LogP contribution in [0.3, 0.4) is 0 Å². The first-order valence-corrected chi connectivity index (χ1v) is 6.81. The molecule has 6 heteroatoms. The lowest BCUT2D eigenvalue weighted by Gasteiger charge is -2.33. The predicted molar refractivity (Wildman–Crippen MR) is 77.3 cm³/mol. The van der Waals surface area contributed by atoms with Crippen LogP contribution in [0.5, 0.6) is 0 Å². The molecule has 1 heterocycles. The Morgan fingerprint density at radius 1 is 1.48 bits per heavy atom. The highest BCUT2D eigenvalue weighted by Gasteiger charge is 2.27. The average molecular weight is 287 g/mol. The second-order valence-corrected chi connectivity index (χ2v) is 4.98. The van der Waals surface area contributed by atoms with Crippen LogP contribution in [-0.4, -0.2) is 42.1 Å². The highest BCUT2D eigenvalue weighted by atomic mass is 16.4. The number of carbonyl (C=O) groups excluding carboxylic acids is 1. The van der Waals surface area contributed by atoms with E-state index in [9.17, 15) is 14.7 Å². The van der Waals surface area contributed by atoms with Crippen LogP contribution >= 0.6 is 0 Å². The Balaban J connectivity index is 2.30. The molecule has 0 saturated carbocycles. The summed E-state index contributed by atoms with van der Waals surface area (Å²) in [4.78, 5) is 26.8. The number of nitrogens with zero attached hydrogens (tertiary/aromatic N) is 3. The van der Waals surface area contributed by atoms with Gasteiger partial charge in [-0.15, -0.1) is 0 Å². The zero-order chi connectivity index (χ0) is 15.4. The van der Waals surface area contributed by atoms with Crippen molar-refractivity contribution in [3.8, 4) is 6.07 Å². The molecule has 1 aliphatic rings. The van der Waals surface area contributed by atoms with Gasteiger partial charge in [0.15, 0.2) is 0 Å². The van der Waals surface area contributed by atoms with E-state index in [-0.39, 0.29) is 18.0 Å². The van der Waals surface area contributed by atoms with Gasteiger partial charge in [0.05, 0.1) is 18.1 Å². The van der Waals surface area contributed by atoms with E-state index in [0.717, 1.165) is 6.42 Å². The smallest absolute Gasteiger partial charge is 0.336 e. The molecular formula is C15H17N3O3. The van der Waals surface area contributed by atoms with Crippen molar-refractivity contribution in [3.63, 3.8) is 0 Å². The number of urea groups is 1. The SMILES string of the molecule is CN(CCC#N)C(=O)N1CCCc2c(C(=O)O)cccc21. The Kier molecular flexibility index (Phi) is 4.43. The summed E-state index contributed by atoms with van der Waals surface area (Å²) < 4.78 is 0. The van der Waals surface area contributed by atoms with Crippen molar-refractivity contribution in [2.45, 2.75) is 19.3 Å². The number of carboxylic acid groups (broad SMARTS) is 1. The normalized spacial score (nSPS) is 13.2. The van der Waals surface area contributed by atoms with Crippen LogP contribution in [-0.2, 0) is 6.42 Å². The zero-order valence-electron chi connectivity index (χ0n) is 11.9. The molecule has 0 atom stereocenters. The summed E-state index contributed by atoms with van der Waals surface area (Å²) in [6, 6.07) is 6.80. The molecule has 0 fully saturated rings. The zero-order valence-corrected chi connectivity index (χ0v) is 11.9. The number of fused-ring (bicyclic) bond motifs is 1. The van der Waals surface area contributed by atoms with Gasteiger partial charge in [0.2, 0.25) is 0 Å². The van der Waals surface area contributed by atoms with Crippen LogP contribution in [0.25, 0.3) is 0 Å². The van der Waals surface area contributed by atoms with E-state index < -0.39 is 5.97 Å². The quantitative estimate of drug-likeness (QED) is 0.922. The minimum absolute atomic E-state index is 0.200. The molecule has 1 aromatic rings. The Morgan fingerprint density at radius 2 is 2.24 bits per heavy atom. The van der Waals surface area contributed by atoms with Crippen molar-refractivity contribution in [1.29, 1.82) is 5.26 Å². The van der Waals surface area contributed by atoms with Gasteiger partial charge < -0.3 is 10.0 Å². The summed E-state index contributed by atoms with van der Waals surface area (Å²) in [5.41, 5.74) is 1.62. The molecule has 6 nitrogen and oxygen atoms in total. The van der Waals surface area contributed by atoms with Gasteiger partial charge in [0, 0.05) is 25.8 Å². The molecule has 0 bridgehead atoms. The monoisotopic (exact) mass is 287 g/mol. The van der Waals surface area contributed by atoms with Crippen LogP contribution < -0.4 is 4.90 Å². The Bertz CT molecular complexity index is 607. The fraction of sp³-hybridized carbons (Fsp3) is 0.400. The fourth-order valence-electron chi connectivity index (χ4n) is 2.54. The molecule has 0 aromatic heterocycles. The topological polar surface area (TPSA) is 84.6 Å². The van der Waals surface area contributed by atoms with Crippen LogP contribution in [0, 0.1) is 11.3 Å². The van der Waals surface area contributed by atoms with Crippen LogP contribution in [0.1, 0.15) is 28.8 Å². The third-order valence-corrected chi connectivity index (χ3v) is 3.60.